The summed E-state index contributed by atoms with van der Waals surface area (Å²) in [6, 6.07) is 1.98. The summed E-state index contributed by atoms with van der Waals surface area (Å²) in [6.45, 7) is 4.80. The molecule has 0 aliphatic carbocycles. The Labute approximate surface area is 101 Å². The smallest absolute Gasteiger partial charge is 0.0748 e. The van der Waals surface area contributed by atoms with E-state index >= 15 is 0 Å². The maximum Gasteiger partial charge on any atom is 0.0748 e. The van der Waals surface area contributed by atoms with Crippen molar-refractivity contribution in [3.8, 4) is 0 Å². The molecule has 1 fully saturated rings. The molecule has 0 N–H and O–H groups in total. The first kappa shape index (κ1) is 11.7. The zero-order chi connectivity index (χ0) is 11.4. The SMILES string of the molecule is CCC1CN(c2cnccc2CCl)CCO1. The number of halogens is 1. The van der Waals surface area contributed by atoms with E-state index in [0.717, 1.165) is 37.4 Å². The average molecular weight is 241 g/mol. The van der Waals surface area contributed by atoms with E-state index < -0.39 is 0 Å². The van der Waals surface area contributed by atoms with Crippen molar-refractivity contribution in [2.24, 2.45) is 0 Å². The molecule has 16 heavy (non-hydrogen) atoms. The van der Waals surface area contributed by atoms with Crippen molar-refractivity contribution in [2.45, 2.75) is 25.3 Å². The van der Waals surface area contributed by atoms with Crippen molar-refractivity contribution in [1.29, 1.82) is 0 Å². The van der Waals surface area contributed by atoms with Crippen molar-refractivity contribution in [3.63, 3.8) is 0 Å². The lowest BCUT2D eigenvalue weighted by Gasteiger charge is -2.34. The maximum absolute atomic E-state index is 5.94. The largest absolute Gasteiger partial charge is 0.375 e. The second-order valence-corrected chi connectivity index (χ2v) is 4.25. The summed E-state index contributed by atoms with van der Waals surface area (Å²) in [5.41, 5.74) is 2.30. The number of hydrogen-bond donors (Lipinski definition) is 0. The van der Waals surface area contributed by atoms with Gasteiger partial charge in [0.15, 0.2) is 0 Å². The van der Waals surface area contributed by atoms with E-state index in [-0.39, 0.29) is 0 Å². The Hall–Kier alpha value is -0.800. The number of aromatic nitrogens is 1. The molecule has 88 valence electrons. The van der Waals surface area contributed by atoms with Crippen molar-refractivity contribution >= 4 is 17.3 Å². The van der Waals surface area contributed by atoms with Gasteiger partial charge in [0.1, 0.15) is 0 Å². The summed E-state index contributed by atoms with van der Waals surface area (Å²) in [7, 11) is 0. The van der Waals surface area contributed by atoms with Crippen LogP contribution < -0.4 is 4.90 Å². The number of morpholine rings is 1. The number of nitrogens with zero attached hydrogens (tertiary/aromatic N) is 2. The van der Waals surface area contributed by atoms with Gasteiger partial charge in [0.2, 0.25) is 0 Å². The molecule has 0 spiro atoms. The van der Waals surface area contributed by atoms with Gasteiger partial charge in [0.05, 0.1) is 24.6 Å². The van der Waals surface area contributed by atoms with Crippen LogP contribution in [0.1, 0.15) is 18.9 Å². The van der Waals surface area contributed by atoms with Crippen molar-refractivity contribution in [2.75, 3.05) is 24.6 Å². The van der Waals surface area contributed by atoms with Crippen LogP contribution in [0, 0.1) is 0 Å². The average Bonchev–Trinajstić information content (AvgIpc) is 2.38. The molecule has 1 aliphatic rings. The molecular formula is C12H17ClN2O. The third-order valence-electron chi connectivity index (χ3n) is 2.97. The predicted molar refractivity (Wildman–Crippen MR) is 66.0 cm³/mol. The van der Waals surface area contributed by atoms with Gasteiger partial charge in [0, 0.05) is 25.2 Å². The van der Waals surface area contributed by atoms with Crippen LogP contribution in [-0.2, 0) is 10.6 Å². The highest BCUT2D eigenvalue weighted by Gasteiger charge is 2.20. The van der Waals surface area contributed by atoms with Crippen LogP contribution in [0.15, 0.2) is 18.5 Å². The van der Waals surface area contributed by atoms with Gasteiger partial charge in [-0.2, -0.15) is 0 Å². The van der Waals surface area contributed by atoms with E-state index in [9.17, 15) is 0 Å². The molecule has 0 saturated carbocycles. The molecule has 2 heterocycles. The van der Waals surface area contributed by atoms with Gasteiger partial charge in [0.25, 0.3) is 0 Å². The van der Waals surface area contributed by atoms with Gasteiger partial charge in [-0.25, -0.2) is 0 Å². The van der Waals surface area contributed by atoms with Crippen LogP contribution in [0.4, 0.5) is 5.69 Å². The minimum Gasteiger partial charge on any atom is -0.375 e. The number of rotatable bonds is 3. The van der Waals surface area contributed by atoms with Crippen LogP contribution >= 0.6 is 11.6 Å². The second-order valence-electron chi connectivity index (χ2n) is 3.99. The Balaban J connectivity index is 2.16. The highest BCUT2D eigenvalue weighted by Crippen LogP contribution is 2.23. The van der Waals surface area contributed by atoms with Gasteiger partial charge < -0.3 is 9.64 Å². The van der Waals surface area contributed by atoms with Gasteiger partial charge in [-0.15, -0.1) is 11.6 Å². The van der Waals surface area contributed by atoms with E-state index in [1.807, 2.05) is 12.3 Å². The third kappa shape index (κ3) is 2.47. The summed E-state index contributed by atoms with van der Waals surface area (Å²) in [5.74, 6) is 0.534. The first-order valence-electron chi connectivity index (χ1n) is 5.70. The number of pyridine rings is 1. The van der Waals surface area contributed by atoms with Crippen molar-refractivity contribution < 1.29 is 4.74 Å². The molecular weight excluding hydrogens is 224 g/mol. The number of hydrogen-bond acceptors (Lipinski definition) is 3. The zero-order valence-corrected chi connectivity index (χ0v) is 10.3. The molecule has 1 aromatic heterocycles. The van der Waals surface area contributed by atoms with Crippen LogP contribution in [0.2, 0.25) is 0 Å². The molecule has 2 rings (SSSR count). The maximum atomic E-state index is 5.94. The van der Waals surface area contributed by atoms with Crippen LogP contribution in [0.25, 0.3) is 0 Å². The summed E-state index contributed by atoms with van der Waals surface area (Å²) < 4.78 is 5.66. The topological polar surface area (TPSA) is 25.4 Å². The fraction of sp³-hybridized carbons (Fsp3) is 0.583. The summed E-state index contributed by atoms with van der Waals surface area (Å²) in [4.78, 5) is 6.50. The molecule has 3 nitrogen and oxygen atoms in total. The van der Waals surface area contributed by atoms with E-state index in [0.29, 0.717) is 12.0 Å². The van der Waals surface area contributed by atoms with Crippen molar-refractivity contribution in [1.82, 2.24) is 4.98 Å². The summed E-state index contributed by atoms with van der Waals surface area (Å²) in [6.07, 6.45) is 5.07. The van der Waals surface area contributed by atoms with Crippen molar-refractivity contribution in [3.05, 3.63) is 24.0 Å². The zero-order valence-electron chi connectivity index (χ0n) is 9.53. The third-order valence-corrected chi connectivity index (χ3v) is 3.25. The highest BCUT2D eigenvalue weighted by molar-refractivity contribution is 6.17. The Bertz CT molecular complexity index is 346. The highest BCUT2D eigenvalue weighted by atomic mass is 35.5. The Morgan fingerprint density at radius 1 is 1.62 bits per heavy atom. The lowest BCUT2D eigenvalue weighted by molar-refractivity contribution is 0.0384. The molecule has 4 heteroatoms. The molecule has 1 atom stereocenters. The first-order valence-corrected chi connectivity index (χ1v) is 6.24. The molecule has 1 aromatic rings. The molecule has 0 bridgehead atoms. The van der Waals surface area contributed by atoms with Crippen LogP contribution in [0.5, 0.6) is 0 Å². The predicted octanol–water partition coefficient (Wildman–Crippen LogP) is 2.44. The molecule has 0 amide bonds. The Morgan fingerprint density at radius 2 is 2.50 bits per heavy atom. The molecule has 1 unspecified atom stereocenters. The van der Waals surface area contributed by atoms with Gasteiger partial charge in [-0.05, 0) is 18.1 Å². The quantitative estimate of drug-likeness (QED) is 0.759. The monoisotopic (exact) mass is 240 g/mol. The van der Waals surface area contributed by atoms with E-state index in [2.05, 4.69) is 16.8 Å². The lowest BCUT2D eigenvalue weighted by atomic mass is 10.1. The lowest BCUT2D eigenvalue weighted by Crippen LogP contribution is -2.42. The van der Waals surface area contributed by atoms with Gasteiger partial charge >= 0.3 is 0 Å². The standard InChI is InChI=1S/C12H17ClN2O/c1-2-11-9-15(5-6-16-11)12-8-14-4-3-10(12)7-13/h3-4,8,11H,2,5-7,9H2,1H3. The Morgan fingerprint density at radius 3 is 3.25 bits per heavy atom. The van der Waals surface area contributed by atoms with Crippen LogP contribution in [0.3, 0.4) is 0 Å². The Kier molecular flexibility index (Phi) is 4.02. The first-order chi connectivity index (χ1) is 7.85. The van der Waals surface area contributed by atoms with Gasteiger partial charge in [-0.3, -0.25) is 4.98 Å². The van der Waals surface area contributed by atoms with E-state index in [4.69, 9.17) is 16.3 Å². The van der Waals surface area contributed by atoms with Crippen LogP contribution in [-0.4, -0.2) is 30.8 Å². The number of alkyl halides is 1. The minimum atomic E-state index is 0.331. The minimum absolute atomic E-state index is 0.331. The molecule has 0 aromatic carbocycles. The van der Waals surface area contributed by atoms with Gasteiger partial charge in [-0.1, -0.05) is 6.92 Å². The fourth-order valence-corrected chi connectivity index (χ4v) is 2.22. The molecule has 1 saturated heterocycles. The molecule has 0 radical (unpaired) electrons. The number of ether oxygens (including phenoxy) is 1. The normalized spacial score (nSPS) is 21.1. The van der Waals surface area contributed by atoms with E-state index in [1.54, 1.807) is 6.20 Å². The molecule has 1 aliphatic heterocycles. The summed E-state index contributed by atoms with van der Waals surface area (Å²) in [5, 5.41) is 0. The number of anilines is 1. The van der Waals surface area contributed by atoms with E-state index in [1.165, 1.54) is 0 Å². The fourth-order valence-electron chi connectivity index (χ4n) is 2.00. The summed E-state index contributed by atoms with van der Waals surface area (Å²) >= 11 is 5.94. The second kappa shape index (κ2) is 5.51.